The number of nitrogens with one attached hydrogen (secondary N) is 2. The summed E-state index contributed by atoms with van der Waals surface area (Å²) in [4.78, 5) is 13.7. The van der Waals surface area contributed by atoms with Crippen LogP contribution >= 0.6 is 11.3 Å². The van der Waals surface area contributed by atoms with Gasteiger partial charge in [-0.25, -0.2) is 8.78 Å². The number of aliphatic hydroxyl groups excluding tert-OH is 1. The number of aliphatic hydroxyl groups is 1. The zero-order chi connectivity index (χ0) is 27.1. The van der Waals surface area contributed by atoms with Crippen LogP contribution in [-0.4, -0.2) is 34.3 Å². The van der Waals surface area contributed by atoms with E-state index in [1.54, 1.807) is 34.5 Å². The first-order valence-electron chi connectivity index (χ1n) is 12.2. The second-order valence-corrected chi connectivity index (χ2v) is 9.84. The van der Waals surface area contributed by atoms with E-state index in [1.807, 2.05) is 18.2 Å². The van der Waals surface area contributed by atoms with Gasteiger partial charge >= 0.3 is 0 Å². The van der Waals surface area contributed by atoms with Crippen LogP contribution in [0.1, 0.15) is 38.8 Å². The number of nitriles is 1. The van der Waals surface area contributed by atoms with Crippen molar-refractivity contribution in [1.82, 2.24) is 15.2 Å². The van der Waals surface area contributed by atoms with Crippen molar-refractivity contribution in [3.8, 4) is 11.8 Å². The summed E-state index contributed by atoms with van der Waals surface area (Å²) in [6.45, 7) is 2.72. The summed E-state index contributed by atoms with van der Waals surface area (Å²) in [6.07, 6.45) is 3.32. The van der Waals surface area contributed by atoms with E-state index in [0.29, 0.717) is 28.2 Å². The standard InChI is InChI=1S/C29H28F2N4O2S/c1-2-19-6-5-7-20(10-19)16-33-17-26(36)25(13-21-11-23(30)14-24(31)12-21)34-29(37)28-27(22(15-32)18-38-28)35-8-3-4-9-35/h3-12,14,18,25-26,33,36H,2,13,16-17H2,1H3,(H,34,37)/t25-,26+/m0/s1. The number of carbonyl (C=O) groups is 1. The molecular formula is C29H28F2N4O2S. The summed E-state index contributed by atoms with van der Waals surface area (Å²) in [5.74, 6) is -1.96. The fraction of sp³-hybridized carbons (Fsp3) is 0.241. The van der Waals surface area contributed by atoms with Crippen LogP contribution in [-0.2, 0) is 19.4 Å². The largest absolute Gasteiger partial charge is 0.390 e. The molecule has 196 valence electrons. The molecule has 2 aromatic carbocycles. The fourth-order valence-electron chi connectivity index (χ4n) is 4.30. The number of nitrogens with zero attached hydrogens (tertiary/aromatic N) is 2. The maximum absolute atomic E-state index is 13.9. The number of hydrogen-bond donors (Lipinski definition) is 3. The number of amides is 1. The van der Waals surface area contributed by atoms with Crippen molar-refractivity contribution >= 4 is 17.2 Å². The number of aromatic nitrogens is 1. The highest BCUT2D eigenvalue weighted by Gasteiger charge is 2.26. The Hall–Kier alpha value is -3.84. The second-order valence-electron chi connectivity index (χ2n) is 8.96. The molecule has 4 rings (SSSR count). The second kappa shape index (κ2) is 12.6. The molecule has 9 heteroatoms. The molecule has 0 saturated carbocycles. The maximum atomic E-state index is 13.9. The van der Waals surface area contributed by atoms with Gasteiger partial charge in [0.2, 0.25) is 0 Å². The lowest BCUT2D eigenvalue weighted by molar-refractivity contribution is 0.0833. The van der Waals surface area contributed by atoms with Gasteiger partial charge in [0, 0.05) is 36.9 Å². The Morgan fingerprint density at radius 3 is 2.47 bits per heavy atom. The van der Waals surface area contributed by atoms with E-state index in [-0.39, 0.29) is 13.0 Å². The lowest BCUT2D eigenvalue weighted by Gasteiger charge is -2.25. The van der Waals surface area contributed by atoms with E-state index in [4.69, 9.17) is 0 Å². The molecule has 6 nitrogen and oxygen atoms in total. The first-order chi connectivity index (χ1) is 18.4. The number of carbonyl (C=O) groups excluding carboxylic acids is 1. The van der Waals surface area contributed by atoms with Crippen LogP contribution < -0.4 is 10.6 Å². The zero-order valence-electron chi connectivity index (χ0n) is 20.8. The maximum Gasteiger partial charge on any atom is 0.263 e. The van der Waals surface area contributed by atoms with Crippen LogP contribution in [0.4, 0.5) is 8.78 Å². The summed E-state index contributed by atoms with van der Waals surface area (Å²) < 4.78 is 29.4. The number of rotatable bonds is 11. The Kier molecular flexibility index (Phi) is 9.02. The van der Waals surface area contributed by atoms with Crippen LogP contribution in [0.25, 0.3) is 5.69 Å². The van der Waals surface area contributed by atoms with E-state index in [9.17, 15) is 23.9 Å². The van der Waals surface area contributed by atoms with Gasteiger partial charge in [-0.3, -0.25) is 4.79 Å². The minimum atomic E-state index is -1.06. The lowest BCUT2D eigenvalue weighted by Crippen LogP contribution is -2.48. The molecule has 0 saturated heterocycles. The predicted molar refractivity (Wildman–Crippen MR) is 143 cm³/mol. The average Bonchev–Trinajstić information content (AvgIpc) is 3.57. The Balaban J connectivity index is 1.53. The van der Waals surface area contributed by atoms with Crippen LogP contribution in [0, 0.1) is 23.0 Å². The molecular weight excluding hydrogens is 506 g/mol. The fourth-order valence-corrected chi connectivity index (χ4v) is 5.19. The quantitative estimate of drug-likeness (QED) is 0.259. The van der Waals surface area contributed by atoms with Crippen LogP contribution in [0.15, 0.2) is 72.4 Å². The predicted octanol–water partition coefficient (Wildman–Crippen LogP) is 4.74. The van der Waals surface area contributed by atoms with Crippen molar-refractivity contribution in [2.24, 2.45) is 0 Å². The van der Waals surface area contributed by atoms with E-state index in [1.165, 1.54) is 17.7 Å². The molecule has 2 heterocycles. The first-order valence-corrected chi connectivity index (χ1v) is 13.1. The number of halogens is 2. The van der Waals surface area contributed by atoms with Crippen molar-refractivity contribution in [3.05, 3.63) is 111 Å². The molecule has 2 atom stereocenters. The van der Waals surface area contributed by atoms with E-state index in [2.05, 4.69) is 29.7 Å². The van der Waals surface area contributed by atoms with Gasteiger partial charge in [0.1, 0.15) is 22.6 Å². The van der Waals surface area contributed by atoms with Gasteiger partial charge in [0.05, 0.1) is 23.4 Å². The highest BCUT2D eigenvalue weighted by Crippen LogP contribution is 2.27. The summed E-state index contributed by atoms with van der Waals surface area (Å²) in [7, 11) is 0. The van der Waals surface area contributed by atoms with Crippen molar-refractivity contribution in [3.63, 3.8) is 0 Å². The first kappa shape index (κ1) is 27.2. The van der Waals surface area contributed by atoms with Gasteiger partial charge < -0.3 is 20.3 Å². The van der Waals surface area contributed by atoms with Crippen molar-refractivity contribution in [2.45, 2.75) is 38.5 Å². The van der Waals surface area contributed by atoms with E-state index < -0.39 is 29.7 Å². The lowest BCUT2D eigenvalue weighted by atomic mass is 10.00. The third-order valence-corrected chi connectivity index (χ3v) is 7.16. The molecule has 0 unspecified atom stereocenters. The Bertz CT molecular complexity index is 1410. The molecule has 0 fully saturated rings. The van der Waals surface area contributed by atoms with Crippen LogP contribution in [0.3, 0.4) is 0 Å². The van der Waals surface area contributed by atoms with Gasteiger partial charge in [-0.05, 0) is 53.8 Å². The van der Waals surface area contributed by atoms with Gasteiger partial charge in [-0.2, -0.15) is 5.26 Å². The summed E-state index contributed by atoms with van der Waals surface area (Å²) in [5, 5.41) is 28.3. The van der Waals surface area contributed by atoms with Crippen LogP contribution in [0.5, 0.6) is 0 Å². The molecule has 0 radical (unpaired) electrons. The van der Waals surface area contributed by atoms with E-state index in [0.717, 1.165) is 29.4 Å². The molecule has 2 aromatic heterocycles. The molecule has 0 aliphatic heterocycles. The molecule has 38 heavy (non-hydrogen) atoms. The molecule has 1 amide bonds. The van der Waals surface area contributed by atoms with Crippen LogP contribution in [0.2, 0.25) is 0 Å². The van der Waals surface area contributed by atoms with Crippen molar-refractivity contribution in [1.29, 1.82) is 5.26 Å². The summed E-state index contributed by atoms with van der Waals surface area (Å²) >= 11 is 1.12. The third kappa shape index (κ3) is 6.72. The number of thiophene rings is 1. The smallest absolute Gasteiger partial charge is 0.263 e. The molecule has 3 N–H and O–H groups in total. The Morgan fingerprint density at radius 2 is 1.79 bits per heavy atom. The Morgan fingerprint density at radius 1 is 1.08 bits per heavy atom. The van der Waals surface area contributed by atoms with E-state index >= 15 is 0 Å². The summed E-state index contributed by atoms with van der Waals surface area (Å²) in [6, 6.07) is 16.1. The zero-order valence-corrected chi connectivity index (χ0v) is 21.6. The highest BCUT2D eigenvalue weighted by molar-refractivity contribution is 7.12. The minimum absolute atomic E-state index is 0.00389. The average molecular weight is 535 g/mol. The van der Waals surface area contributed by atoms with Gasteiger partial charge in [0.25, 0.3) is 5.91 Å². The monoisotopic (exact) mass is 534 g/mol. The van der Waals surface area contributed by atoms with Crippen molar-refractivity contribution < 1.29 is 18.7 Å². The van der Waals surface area contributed by atoms with Gasteiger partial charge in [-0.15, -0.1) is 11.3 Å². The number of hydrogen-bond acceptors (Lipinski definition) is 5. The molecule has 4 aromatic rings. The SMILES string of the molecule is CCc1cccc(CNC[C@@H](O)[C@H](Cc2cc(F)cc(F)c2)NC(=O)c2scc(C#N)c2-n2cccc2)c1. The molecule has 0 bridgehead atoms. The normalized spacial score (nSPS) is 12.6. The number of benzene rings is 2. The van der Waals surface area contributed by atoms with Crippen molar-refractivity contribution in [2.75, 3.05) is 6.54 Å². The van der Waals surface area contributed by atoms with Gasteiger partial charge in [0.15, 0.2) is 0 Å². The minimum Gasteiger partial charge on any atom is -0.390 e. The molecule has 0 aliphatic carbocycles. The third-order valence-electron chi connectivity index (χ3n) is 6.20. The highest BCUT2D eigenvalue weighted by atomic mass is 32.1. The summed E-state index contributed by atoms with van der Waals surface area (Å²) in [5.41, 5.74) is 3.35. The topological polar surface area (TPSA) is 90.1 Å². The molecule has 0 aliphatic rings. The number of aryl methyl sites for hydroxylation is 1. The molecule has 0 spiro atoms. The van der Waals surface area contributed by atoms with Gasteiger partial charge in [-0.1, -0.05) is 31.2 Å². The Labute approximate surface area is 224 Å².